The monoisotopic (exact) mass is 867 g/mol. The second kappa shape index (κ2) is 19.9. The predicted molar refractivity (Wildman–Crippen MR) is 243 cm³/mol. The summed E-state index contributed by atoms with van der Waals surface area (Å²) in [4.78, 5) is 52.9. The minimum atomic E-state index is -0.488. The summed E-state index contributed by atoms with van der Waals surface area (Å²) in [6.45, 7) is 14.7. The Morgan fingerprint density at radius 2 is 1.15 bits per heavy atom. The van der Waals surface area contributed by atoms with E-state index in [0.29, 0.717) is 51.5 Å². The zero-order valence-corrected chi connectivity index (χ0v) is 35.9. The fourth-order valence-corrected chi connectivity index (χ4v) is 7.63. The normalized spacial score (nSPS) is 15.1. The summed E-state index contributed by atoms with van der Waals surface area (Å²) in [5, 5.41) is 6.86. The number of benzene rings is 2. The minimum Gasteiger partial charge on any atom is -0.444 e. The van der Waals surface area contributed by atoms with Gasteiger partial charge in [0.2, 0.25) is 0 Å². The summed E-state index contributed by atoms with van der Waals surface area (Å²) in [7, 11) is 0. The minimum absolute atomic E-state index is 0. The van der Waals surface area contributed by atoms with Crippen molar-refractivity contribution in [2.75, 3.05) is 49.9 Å². The van der Waals surface area contributed by atoms with Gasteiger partial charge in [-0.3, -0.25) is 28.2 Å². The lowest BCUT2D eigenvalue weighted by molar-refractivity contribution is 0.0139. The average molecular weight is 869 g/mol. The van der Waals surface area contributed by atoms with Crippen molar-refractivity contribution in [1.82, 2.24) is 33.5 Å². The van der Waals surface area contributed by atoms with E-state index in [9.17, 15) is 14.4 Å². The van der Waals surface area contributed by atoms with Crippen molar-refractivity contribution in [2.45, 2.75) is 66.7 Å². The number of nitrogens with one attached hydrogen (secondary N) is 2. The number of rotatable bonds is 8. The van der Waals surface area contributed by atoms with Crippen LogP contribution in [0.15, 0.2) is 97.6 Å². The van der Waals surface area contributed by atoms with Crippen molar-refractivity contribution in [3.05, 3.63) is 130 Å². The molecule has 3 amide bonds. The standard InChI is InChI=1S/C24H28ClN5O3.C21H23ClN4O.CH4/c1-24(2,3)33-23(32)29-11-9-28(10-12-29)16-17-7-8-30-20(15-26-21(30)13-17)22(31)27-19-6-4-5-18(25)14-19;1-15-5-8-25(9-6-15)14-16-7-10-26-19(13-23-20(26)11-16)21(27)24-18-4-2-3-17(22)12-18;/h4-8,13-15H,9-12,16H2,1-3H3,(H,27,31);2-4,7,10-13,15H,5-6,8-9,14H2,1H3,(H,24,27);1H4. The Labute approximate surface area is 367 Å². The molecule has 2 fully saturated rings. The van der Waals surface area contributed by atoms with Crippen LogP contribution in [0.25, 0.3) is 11.3 Å². The maximum Gasteiger partial charge on any atom is 0.410 e. The van der Waals surface area contributed by atoms with Gasteiger partial charge in [-0.2, -0.15) is 0 Å². The van der Waals surface area contributed by atoms with E-state index in [1.807, 2.05) is 55.8 Å². The zero-order chi connectivity index (χ0) is 42.4. The van der Waals surface area contributed by atoms with Crippen LogP contribution in [0.5, 0.6) is 0 Å². The molecule has 4 aromatic heterocycles. The number of fused-ring (bicyclic) bond motifs is 2. The number of hydrogen-bond acceptors (Lipinski definition) is 8. The third-order valence-electron chi connectivity index (χ3n) is 10.5. The number of carbonyl (C=O) groups excluding carboxylic acids is 3. The molecule has 2 aliphatic rings. The third kappa shape index (κ3) is 12.1. The van der Waals surface area contributed by atoms with Gasteiger partial charge in [0.25, 0.3) is 11.8 Å². The van der Waals surface area contributed by atoms with Crippen LogP contribution in [-0.4, -0.2) is 96.2 Å². The fraction of sp³-hybridized carbons (Fsp3) is 0.370. The van der Waals surface area contributed by atoms with E-state index in [4.69, 9.17) is 27.9 Å². The van der Waals surface area contributed by atoms with E-state index in [0.717, 1.165) is 56.4 Å². The predicted octanol–water partition coefficient (Wildman–Crippen LogP) is 9.40. The molecule has 0 aliphatic carbocycles. The average Bonchev–Trinajstić information content (AvgIpc) is 3.83. The molecular weight excluding hydrogens is 813 g/mol. The zero-order valence-electron chi connectivity index (χ0n) is 34.4. The highest BCUT2D eigenvalue weighted by Gasteiger charge is 2.26. The number of likely N-dealkylation sites (tertiary alicyclic amines) is 1. The molecule has 322 valence electrons. The van der Waals surface area contributed by atoms with E-state index in [-0.39, 0.29) is 25.3 Å². The lowest BCUT2D eigenvalue weighted by atomic mass is 9.99. The molecule has 6 heterocycles. The van der Waals surface area contributed by atoms with E-state index in [1.165, 1.54) is 18.4 Å². The molecule has 13 nitrogen and oxygen atoms in total. The molecular formula is C46H55Cl2N9O4. The number of hydrogen-bond donors (Lipinski definition) is 2. The first-order chi connectivity index (χ1) is 28.8. The highest BCUT2D eigenvalue weighted by molar-refractivity contribution is 6.31. The van der Waals surface area contributed by atoms with Gasteiger partial charge in [0.15, 0.2) is 0 Å². The van der Waals surface area contributed by atoms with E-state index < -0.39 is 5.60 Å². The Morgan fingerprint density at radius 3 is 1.59 bits per heavy atom. The number of aromatic nitrogens is 4. The van der Waals surface area contributed by atoms with Gasteiger partial charge in [0, 0.05) is 73.1 Å². The first-order valence-corrected chi connectivity index (χ1v) is 21.0. The van der Waals surface area contributed by atoms with Crippen molar-refractivity contribution in [1.29, 1.82) is 0 Å². The van der Waals surface area contributed by atoms with Crippen LogP contribution in [0, 0.1) is 5.92 Å². The van der Waals surface area contributed by atoms with E-state index in [1.54, 1.807) is 64.2 Å². The van der Waals surface area contributed by atoms with Crippen molar-refractivity contribution in [3.8, 4) is 0 Å². The molecule has 0 bridgehead atoms. The molecule has 61 heavy (non-hydrogen) atoms. The Morgan fingerprint density at radius 1 is 0.689 bits per heavy atom. The van der Waals surface area contributed by atoms with Gasteiger partial charge in [-0.05, 0) is 124 Å². The number of piperazine rings is 1. The molecule has 0 saturated carbocycles. The van der Waals surface area contributed by atoms with Crippen molar-refractivity contribution >= 4 is 63.8 Å². The summed E-state index contributed by atoms with van der Waals surface area (Å²) in [5.74, 6) is 0.370. The van der Waals surface area contributed by atoms with Crippen LogP contribution in [0.2, 0.25) is 10.0 Å². The van der Waals surface area contributed by atoms with Gasteiger partial charge >= 0.3 is 6.09 Å². The van der Waals surface area contributed by atoms with E-state index in [2.05, 4.69) is 49.5 Å². The maximum absolute atomic E-state index is 12.7. The van der Waals surface area contributed by atoms with Gasteiger partial charge in [-0.1, -0.05) is 49.7 Å². The fourth-order valence-electron chi connectivity index (χ4n) is 7.25. The number of pyridine rings is 2. The maximum atomic E-state index is 12.7. The molecule has 0 spiro atoms. The van der Waals surface area contributed by atoms with E-state index >= 15 is 0 Å². The first-order valence-electron chi connectivity index (χ1n) is 20.2. The largest absolute Gasteiger partial charge is 0.444 e. The Balaban J connectivity index is 0.000000204. The number of imidazole rings is 2. The van der Waals surface area contributed by atoms with Crippen LogP contribution in [-0.2, 0) is 17.8 Å². The number of piperidine rings is 1. The van der Waals surface area contributed by atoms with Crippen molar-refractivity contribution in [2.24, 2.45) is 5.92 Å². The summed E-state index contributed by atoms with van der Waals surface area (Å²) < 4.78 is 9.05. The van der Waals surface area contributed by atoms with Crippen LogP contribution in [0.1, 0.15) is 80.1 Å². The second-order valence-electron chi connectivity index (χ2n) is 16.4. The number of ether oxygens (including phenoxy) is 1. The molecule has 0 unspecified atom stereocenters. The molecule has 2 aromatic carbocycles. The highest BCUT2D eigenvalue weighted by Crippen LogP contribution is 2.22. The van der Waals surface area contributed by atoms with Crippen LogP contribution in [0.4, 0.5) is 16.2 Å². The number of halogens is 2. The number of amides is 3. The number of carbonyl (C=O) groups is 3. The Bertz CT molecular complexity index is 2460. The van der Waals surface area contributed by atoms with Gasteiger partial charge in [-0.15, -0.1) is 0 Å². The third-order valence-corrected chi connectivity index (χ3v) is 11.0. The van der Waals surface area contributed by atoms with Crippen molar-refractivity contribution in [3.63, 3.8) is 0 Å². The highest BCUT2D eigenvalue weighted by atomic mass is 35.5. The molecule has 2 aliphatic heterocycles. The molecule has 0 radical (unpaired) electrons. The second-order valence-corrected chi connectivity index (χ2v) is 17.3. The summed E-state index contributed by atoms with van der Waals surface area (Å²) >= 11 is 12.0. The Kier molecular flexibility index (Phi) is 14.7. The molecule has 15 heteroatoms. The molecule has 8 rings (SSSR count). The topological polar surface area (TPSA) is 129 Å². The number of anilines is 2. The summed E-state index contributed by atoms with van der Waals surface area (Å²) in [6, 6.07) is 22.2. The summed E-state index contributed by atoms with van der Waals surface area (Å²) in [5.41, 5.74) is 5.57. The van der Waals surface area contributed by atoms with Gasteiger partial charge in [0.05, 0.1) is 12.4 Å². The molecule has 2 N–H and O–H groups in total. The van der Waals surface area contributed by atoms with Crippen molar-refractivity contribution < 1.29 is 19.1 Å². The quantitative estimate of drug-likeness (QED) is 0.155. The van der Waals surface area contributed by atoms with Gasteiger partial charge in [0.1, 0.15) is 28.3 Å². The first kappa shape index (κ1) is 45.1. The smallest absolute Gasteiger partial charge is 0.410 e. The van der Waals surface area contributed by atoms with Crippen LogP contribution in [0.3, 0.4) is 0 Å². The van der Waals surface area contributed by atoms with Crippen LogP contribution < -0.4 is 10.6 Å². The molecule has 6 aromatic rings. The molecule has 0 atom stereocenters. The molecule has 2 saturated heterocycles. The number of nitrogens with zero attached hydrogens (tertiary/aromatic N) is 7. The lowest BCUT2D eigenvalue weighted by Gasteiger charge is -2.35. The Hall–Kier alpha value is -5.47. The van der Waals surface area contributed by atoms with Gasteiger partial charge in [-0.25, -0.2) is 14.8 Å². The lowest BCUT2D eigenvalue weighted by Crippen LogP contribution is -2.49. The van der Waals surface area contributed by atoms with Crippen LogP contribution >= 0.6 is 23.2 Å². The SMILES string of the molecule is C.CC(C)(C)OC(=O)N1CCN(Cc2ccn3c(C(=O)Nc4cccc(Cl)c4)cnc3c2)CC1.CC1CCN(Cc2ccn3c(C(=O)Nc4cccc(Cl)c4)cnc3c2)CC1. The summed E-state index contributed by atoms with van der Waals surface area (Å²) in [6.07, 6.45) is 9.24. The van der Waals surface area contributed by atoms with Gasteiger partial charge < -0.3 is 20.3 Å².